The van der Waals surface area contributed by atoms with Gasteiger partial charge in [0.2, 0.25) is 0 Å². The van der Waals surface area contributed by atoms with Crippen molar-refractivity contribution in [1.82, 2.24) is 0 Å². The van der Waals surface area contributed by atoms with Crippen LogP contribution in [0.2, 0.25) is 0 Å². The zero-order chi connectivity index (χ0) is 17.7. The SMILES string of the molecule is COCO[C@@H](C/C=C/C(=O)O)C[C@@H](C)OC(=O)/C=C/C[C@@H](C)O. The number of esters is 1. The summed E-state index contributed by atoms with van der Waals surface area (Å²) in [5.41, 5.74) is 0. The van der Waals surface area contributed by atoms with Gasteiger partial charge in [0.25, 0.3) is 0 Å². The lowest BCUT2D eigenvalue weighted by molar-refractivity contribution is -0.145. The second-order valence-corrected chi connectivity index (χ2v) is 5.14. The van der Waals surface area contributed by atoms with Gasteiger partial charge in [0, 0.05) is 25.7 Å². The number of aliphatic hydroxyl groups excluding tert-OH is 1. The fourth-order valence-electron chi connectivity index (χ4n) is 1.73. The molecule has 23 heavy (non-hydrogen) atoms. The van der Waals surface area contributed by atoms with E-state index in [0.29, 0.717) is 19.3 Å². The first-order chi connectivity index (χ1) is 10.8. The molecule has 0 rings (SSSR count). The number of carbonyl (C=O) groups is 2. The van der Waals surface area contributed by atoms with Crippen molar-refractivity contribution in [1.29, 1.82) is 0 Å². The third-order valence-corrected chi connectivity index (χ3v) is 2.72. The van der Waals surface area contributed by atoms with E-state index >= 15 is 0 Å². The number of methoxy groups -OCH3 is 1. The van der Waals surface area contributed by atoms with Gasteiger partial charge in [-0.25, -0.2) is 9.59 Å². The number of rotatable bonds is 12. The molecular weight excluding hydrogens is 304 g/mol. The van der Waals surface area contributed by atoms with Gasteiger partial charge in [0.15, 0.2) is 0 Å². The number of aliphatic carboxylic acids is 1. The molecule has 0 heterocycles. The zero-order valence-electron chi connectivity index (χ0n) is 13.8. The topological polar surface area (TPSA) is 102 Å². The maximum atomic E-state index is 11.6. The van der Waals surface area contributed by atoms with Crippen molar-refractivity contribution in [3.63, 3.8) is 0 Å². The monoisotopic (exact) mass is 330 g/mol. The Kier molecular flexibility index (Phi) is 11.9. The number of carboxylic acids is 1. The summed E-state index contributed by atoms with van der Waals surface area (Å²) in [6.07, 6.45) is 5.27. The number of ether oxygens (including phenoxy) is 3. The van der Waals surface area contributed by atoms with Gasteiger partial charge in [-0.3, -0.25) is 0 Å². The molecule has 0 aromatic carbocycles. The molecule has 0 fully saturated rings. The average molecular weight is 330 g/mol. The summed E-state index contributed by atoms with van der Waals surface area (Å²) in [7, 11) is 1.49. The van der Waals surface area contributed by atoms with Gasteiger partial charge in [-0.15, -0.1) is 0 Å². The van der Waals surface area contributed by atoms with E-state index in [4.69, 9.17) is 24.4 Å². The van der Waals surface area contributed by atoms with Crippen molar-refractivity contribution >= 4 is 11.9 Å². The first kappa shape index (κ1) is 21.3. The lowest BCUT2D eigenvalue weighted by atomic mass is 10.1. The number of aliphatic hydroxyl groups is 1. The Labute approximate surface area is 136 Å². The summed E-state index contributed by atoms with van der Waals surface area (Å²) >= 11 is 0. The Balaban J connectivity index is 4.34. The van der Waals surface area contributed by atoms with Crippen LogP contribution in [0.25, 0.3) is 0 Å². The zero-order valence-corrected chi connectivity index (χ0v) is 13.8. The largest absolute Gasteiger partial charge is 0.478 e. The van der Waals surface area contributed by atoms with Crippen LogP contribution < -0.4 is 0 Å². The van der Waals surface area contributed by atoms with E-state index in [2.05, 4.69) is 0 Å². The molecule has 3 atom stereocenters. The van der Waals surface area contributed by atoms with Gasteiger partial charge in [-0.05, 0) is 26.7 Å². The van der Waals surface area contributed by atoms with Crippen molar-refractivity contribution in [2.24, 2.45) is 0 Å². The molecule has 2 N–H and O–H groups in total. The van der Waals surface area contributed by atoms with Crippen LogP contribution in [-0.2, 0) is 23.8 Å². The minimum absolute atomic E-state index is 0.0700. The van der Waals surface area contributed by atoms with E-state index in [1.165, 1.54) is 19.3 Å². The molecular formula is C16H26O7. The van der Waals surface area contributed by atoms with Crippen LogP contribution in [-0.4, -0.2) is 54.4 Å². The highest BCUT2D eigenvalue weighted by molar-refractivity contribution is 5.82. The summed E-state index contributed by atoms with van der Waals surface area (Å²) in [5, 5.41) is 17.7. The van der Waals surface area contributed by atoms with E-state index in [9.17, 15) is 9.59 Å². The number of carbonyl (C=O) groups excluding carboxylic acids is 1. The van der Waals surface area contributed by atoms with Crippen molar-refractivity contribution in [3.8, 4) is 0 Å². The van der Waals surface area contributed by atoms with Crippen LogP contribution in [0.5, 0.6) is 0 Å². The first-order valence-electron chi connectivity index (χ1n) is 7.40. The highest BCUT2D eigenvalue weighted by Crippen LogP contribution is 2.11. The molecule has 0 saturated heterocycles. The molecule has 0 saturated carbocycles. The van der Waals surface area contributed by atoms with E-state index in [0.717, 1.165) is 6.08 Å². The highest BCUT2D eigenvalue weighted by Gasteiger charge is 2.15. The maximum absolute atomic E-state index is 11.6. The molecule has 132 valence electrons. The molecule has 7 heteroatoms. The van der Waals surface area contributed by atoms with Crippen molar-refractivity contribution in [2.45, 2.75) is 51.4 Å². The summed E-state index contributed by atoms with van der Waals surface area (Å²) < 4.78 is 15.5. The molecule has 0 unspecified atom stereocenters. The van der Waals surface area contributed by atoms with Gasteiger partial charge in [0.1, 0.15) is 12.9 Å². The molecule has 0 aromatic heterocycles. The summed E-state index contributed by atoms with van der Waals surface area (Å²) in [6.45, 7) is 3.42. The smallest absolute Gasteiger partial charge is 0.330 e. The fourth-order valence-corrected chi connectivity index (χ4v) is 1.73. The summed E-state index contributed by atoms with van der Waals surface area (Å²) in [4.78, 5) is 22.0. The van der Waals surface area contributed by atoms with Gasteiger partial charge in [0.05, 0.1) is 12.2 Å². The van der Waals surface area contributed by atoms with Crippen LogP contribution in [0, 0.1) is 0 Å². The molecule has 0 aliphatic rings. The van der Waals surface area contributed by atoms with Crippen LogP contribution >= 0.6 is 0 Å². The van der Waals surface area contributed by atoms with E-state index in [1.54, 1.807) is 19.9 Å². The minimum atomic E-state index is -1.03. The molecule has 0 bridgehead atoms. The standard InChI is InChI=1S/C16H26O7/c1-12(17)6-4-9-16(20)23-13(2)10-14(22-11-21-3)7-5-8-15(18)19/h4-5,8-9,12-14,17H,6-7,10-11H2,1-3H3,(H,18,19)/b8-5+,9-4+/t12-,13-,14+/m1/s1. The average Bonchev–Trinajstić information content (AvgIpc) is 2.43. The maximum Gasteiger partial charge on any atom is 0.330 e. The lowest BCUT2D eigenvalue weighted by Crippen LogP contribution is -2.23. The predicted molar refractivity (Wildman–Crippen MR) is 83.8 cm³/mol. The Morgan fingerprint density at radius 2 is 1.78 bits per heavy atom. The molecule has 0 aliphatic carbocycles. The van der Waals surface area contributed by atoms with Crippen LogP contribution in [0.15, 0.2) is 24.3 Å². The Morgan fingerprint density at radius 1 is 1.13 bits per heavy atom. The normalized spacial score (nSPS) is 15.7. The third kappa shape index (κ3) is 13.7. The minimum Gasteiger partial charge on any atom is -0.478 e. The van der Waals surface area contributed by atoms with E-state index < -0.39 is 24.1 Å². The second-order valence-electron chi connectivity index (χ2n) is 5.14. The quantitative estimate of drug-likeness (QED) is 0.319. The number of hydrogen-bond acceptors (Lipinski definition) is 6. The molecule has 0 spiro atoms. The van der Waals surface area contributed by atoms with Crippen LogP contribution in [0.3, 0.4) is 0 Å². The van der Waals surface area contributed by atoms with Crippen LogP contribution in [0.1, 0.15) is 33.1 Å². The van der Waals surface area contributed by atoms with Gasteiger partial charge in [-0.1, -0.05) is 12.2 Å². The number of carboxylic acid groups (broad SMARTS) is 1. The predicted octanol–water partition coefficient (Wildman–Crippen LogP) is 1.66. The third-order valence-electron chi connectivity index (χ3n) is 2.72. The summed E-state index contributed by atoms with van der Waals surface area (Å²) in [5.74, 6) is -1.53. The van der Waals surface area contributed by atoms with Gasteiger partial charge >= 0.3 is 11.9 Å². The van der Waals surface area contributed by atoms with Gasteiger partial charge in [-0.2, -0.15) is 0 Å². The van der Waals surface area contributed by atoms with E-state index in [-0.39, 0.29) is 12.9 Å². The van der Waals surface area contributed by atoms with Gasteiger partial charge < -0.3 is 24.4 Å². The van der Waals surface area contributed by atoms with E-state index in [1.807, 2.05) is 0 Å². The first-order valence-corrected chi connectivity index (χ1v) is 7.40. The highest BCUT2D eigenvalue weighted by atomic mass is 16.7. The molecule has 0 radical (unpaired) electrons. The van der Waals surface area contributed by atoms with Crippen molar-refractivity contribution < 1.29 is 34.0 Å². The Morgan fingerprint density at radius 3 is 2.35 bits per heavy atom. The van der Waals surface area contributed by atoms with Crippen LogP contribution in [0.4, 0.5) is 0 Å². The fraction of sp³-hybridized carbons (Fsp3) is 0.625. The van der Waals surface area contributed by atoms with Crippen molar-refractivity contribution in [3.05, 3.63) is 24.3 Å². The lowest BCUT2D eigenvalue weighted by Gasteiger charge is -2.20. The second kappa shape index (κ2) is 12.8. The number of hydrogen-bond donors (Lipinski definition) is 2. The Hall–Kier alpha value is -1.70. The molecule has 7 nitrogen and oxygen atoms in total. The van der Waals surface area contributed by atoms with Crippen molar-refractivity contribution in [2.75, 3.05) is 13.9 Å². The Bertz CT molecular complexity index is 401. The molecule has 0 amide bonds. The summed E-state index contributed by atoms with van der Waals surface area (Å²) in [6, 6.07) is 0. The molecule has 0 aliphatic heterocycles. The molecule has 0 aromatic rings.